The first kappa shape index (κ1) is 20.8. The van der Waals surface area contributed by atoms with E-state index in [1.54, 1.807) is 67.9 Å². The number of aromatic amines is 1. The van der Waals surface area contributed by atoms with Crippen LogP contribution in [0.5, 0.6) is 5.75 Å². The topological polar surface area (TPSA) is 89.0 Å². The largest absolute Gasteiger partial charge is 0.497 e. The van der Waals surface area contributed by atoms with E-state index >= 15 is 0 Å². The summed E-state index contributed by atoms with van der Waals surface area (Å²) in [6.45, 7) is 0.376. The van der Waals surface area contributed by atoms with Gasteiger partial charge in [-0.2, -0.15) is 0 Å². The van der Waals surface area contributed by atoms with E-state index in [1.807, 2.05) is 12.1 Å². The van der Waals surface area contributed by atoms with E-state index < -0.39 is 0 Å². The summed E-state index contributed by atoms with van der Waals surface area (Å²) in [6, 6.07) is 19.7. The Bertz CT molecular complexity index is 1540. The average Bonchev–Trinajstić information content (AvgIpc) is 3.20. The van der Waals surface area contributed by atoms with Gasteiger partial charge in [0.25, 0.3) is 11.5 Å². The Kier molecular flexibility index (Phi) is 5.32. The molecule has 164 valence electrons. The SMILES string of the molecule is COc1ccc(-n2[nH]c3c(cnc4ccc(C(=O)NCc5ccc(Cl)cc5)cc43)c2=O)cc1. The van der Waals surface area contributed by atoms with Gasteiger partial charge in [-0.1, -0.05) is 23.7 Å². The van der Waals surface area contributed by atoms with Gasteiger partial charge in [-0.3, -0.25) is 19.7 Å². The third-order valence-electron chi connectivity index (χ3n) is 5.48. The predicted octanol–water partition coefficient (Wildman–Crippen LogP) is 4.46. The number of amides is 1. The minimum absolute atomic E-state index is 0.220. The zero-order chi connectivity index (χ0) is 22.9. The molecule has 2 N–H and O–H groups in total. The van der Waals surface area contributed by atoms with Crippen molar-refractivity contribution in [3.05, 3.63) is 99.4 Å². The molecule has 0 saturated heterocycles. The number of aromatic nitrogens is 3. The number of rotatable bonds is 5. The van der Waals surface area contributed by atoms with Gasteiger partial charge in [-0.25, -0.2) is 4.68 Å². The van der Waals surface area contributed by atoms with E-state index in [0.717, 1.165) is 5.56 Å². The molecule has 0 aliphatic rings. The molecule has 7 nitrogen and oxygen atoms in total. The number of pyridine rings is 1. The van der Waals surface area contributed by atoms with Crippen LogP contribution in [0.3, 0.4) is 0 Å². The van der Waals surface area contributed by atoms with E-state index in [0.29, 0.717) is 50.4 Å². The fourth-order valence-corrected chi connectivity index (χ4v) is 3.83. The number of benzene rings is 3. The van der Waals surface area contributed by atoms with Crippen LogP contribution in [0.1, 0.15) is 15.9 Å². The second-order valence-corrected chi connectivity index (χ2v) is 7.97. The van der Waals surface area contributed by atoms with Gasteiger partial charge in [-0.05, 0) is 60.2 Å². The molecule has 3 aromatic carbocycles. The number of nitrogens with one attached hydrogen (secondary N) is 2. The molecule has 2 heterocycles. The van der Waals surface area contributed by atoms with E-state index in [4.69, 9.17) is 16.3 Å². The van der Waals surface area contributed by atoms with Crippen LogP contribution in [0.2, 0.25) is 5.02 Å². The van der Waals surface area contributed by atoms with Crippen molar-refractivity contribution in [3.63, 3.8) is 0 Å². The molecule has 0 unspecified atom stereocenters. The summed E-state index contributed by atoms with van der Waals surface area (Å²) >= 11 is 5.91. The third kappa shape index (κ3) is 3.94. The van der Waals surface area contributed by atoms with Gasteiger partial charge in [0.15, 0.2) is 0 Å². The molecule has 0 radical (unpaired) electrons. The summed E-state index contributed by atoms with van der Waals surface area (Å²) < 4.78 is 6.65. The van der Waals surface area contributed by atoms with Crippen molar-refractivity contribution in [1.29, 1.82) is 0 Å². The van der Waals surface area contributed by atoms with Crippen LogP contribution in [-0.4, -0.2) is 27.8 Å². The van der Waals surface area contributed by atoms with Gasteiger partial charge in [-0.15, -0.1) is 0 Å². The fraction of sp³-hybridized carbons (Fsp3) is 0.0800. The minimum atomic E-state index is -0.221. The fourth-order valence-electron chi connectivity index (χ4n) is 3.70. The predicted molar refractivity (Wildman–Crippen MR) is 128 cm³/mol. The molecule has 2 aromatic heterocycles. The van der Waals surface area contributed by atoms with E-state index in [2.05, 4.69) is 15.4 Å². The number of fused-ring (bicyclic) bond motifs is 3. The summed E-state index contributed by atoms with van der Waals surface area (Å²) in [4.78, 5) is 30.2. The van der Waals surface area contributed by atoms with E-state index in [9.17, 15) is 9.59 Å². The number of hydrogen-bond acceptors (Lipinski definition) is 4. The summed E-state index contributed by atoms with van der Waals surface area (Å²) in [5.41, 5.74) is 3.17. The zero-order valence-electron chi connectivity index (χ0n) is 17.6. The lowest BCUT2D eigenvalue weighted by atomic mass is 10.1. The normalized spacial score (nSPS) is 11.1. The Morgan fingerprint density at radius 3 is 2.55 bits per heavy atom. The van der Waals surface area contributed by atoms with Crippen LogP contribution >= 0.6 is 11.6 Å². The lowest BCUT2D eigenvalue weighted by Gasteiger charge is -2.07. The van der Waals surface area contributed by atoms with Crippen molar-refractivity contribution >= 4 is 39.3 Å². The first-order chi connectivity index (χ1) is 16.0. The summed E-state index contributed by atoms with van der Waals surface area (Å²) in [7, 11) is 1.59. The number of methoxy groups -OCH3 is 1. The number of hydrogen-bond donors (Lipinski definition) is 2. The van der Waals surface area contributed by atoms with Gasteiger partial charge in [0.05, 0.1) is 29.2 Å². The highest BCUT2D eigenvalue weighted by molar-refractivity contribution is 6.30. The molecular formula is C25H19ClN4O3. The molecule has 1 amide bonds. The number of halogens is 1. The van der Waals surface area contributed by atoms with Crippen molar-refractivity contribution in [1.82, 2.24) is 20.1 Å². The maximum atomic E-state index is 13.0. The van der Waals surface area contributed by atoms with Gasteiger partial charge in [0.1, 0.15) is 5.75 Å². The standard InChI is InChI=1S/C25H19ClN4O3/c1-33-19-9-7-18(8-10-19)30-25(32)21-14-27-22-11-4-16(12-20(22)23(21)29-30)24(31)28-13-15-2-5-17(26)6-3-15/h2-12,14,29H,13H2,1H3,(H,28,31). The Morgan fingerprint density at radius 1 is 1.06 bits per heavy atom. The van der Waals surface area contributed by atoms with Gasteiger partial charge in [0.2, 0.25) is 0 Å². The van der Waals surface area contributed by atoms with E-state index in [-0.39, 0.29) is 11.5 Å². The first-order valence-electron chi connectivity index (χ1n) is 10.2. The van der Waals surface area contributed by atoms with Gasteiger partial charge in [0, 0.05) is 28.7 Å². The maximum absolute atomic E-state index is 13.0. The number of H-pyrrole nitrogens is 1. The molecule has 0 aliphatic heterocycles. The molecule has 0 fully saturated rings. The lowest BCUT2D eigenvalue weighted by molar-refractivity contribution is 0.0951. The first-order valence-corrected chi connectivity index (χ1v) is 10.6. The Hall–Kier alpha value is -4.10. The number of ether oxygens (including phenoxy) is 1. The summed E-state index contributed by atoms with van der Waals surface area (Å²) in [5, 5.41) is 7.86. The number of carbonyl (C=O) groups excluding carboxylic acids is 1. The maximum Gasteiger partial charge on any atom is 0.280 e. The zero-order valence-corrected chi connectivity index (χ0v) is 18.4. The van der Waals surface area contributed by atoms with Crippen molar-refractivity contribution in [3.8, 4) is 11.4 Å². The van der Waals surface area contributed by atoms with Crippen LogP contribution in [-0.2, 0) is 6.54 Å². The van der Waals surface area contributed by atoms with Crippen molar-refractivity contribution < 1.29 is 9.53 Å². The Labute approximate surface area is 193 Å². The molecule has 0 spiro atoms. The van der Waals surface area contributed by atoms with Crippen LogP contribution in [0.4, 0.5) is 0 Å². The van der Waals surface area contributed by atoms with Crippen LogP contribution in [0.25, 0.3) is 27.5 Å². The van der Waals surface area contributed by atoms with E-state index in [1.165, 1.54) is 4.68 Å². The van der Waals surface area contributed by atoms with Crippen molar-refractivity contribution in [2.24, 2.45) is 0 Å². The smallest absolute Gasteiger partial charge is 0.280 e. The molecule has 8 heteroatoms. The van der Waals surface area contributed by atoms with Crippen LogP contribution in [0, 0.1) is 0 Å². The Balaban J connectivity index is 1.50. The molecule has 5 aromatic rings. The molecule has 0 aliphatic carbocycles. The molecular weight excluding hydrogens is 440 g/mol. The quantitative estimate of drug-likeness (QED) is 0.407. The molecule has 33 heavy (non-hydrogen) atoms. The Morgan fingerprint density at radius 2 is 1.82 bits per heavy atom. The van der Waals surface area contributed by atoms with Crippen LogP contribution in [0.15, 0.2) is 77.7 Å². The molecule has 0 bridgehead atoms. The monoisotopic (exact) mass is 458 g/mol. The average molecular weight is 459 g/mol. The second-order valence-electron chi connectivity index (χ2n) is 7.54. The van der Waals surface area contributed by atoms with Gasteiger partial charge < -0.3 is 10.1 Å². The van der Waals surface area contributed by atoms with Gasteiger partial charge >= 0.3 is 0 Å². The highest BCUT2D eigenvalue weighted by Crippen LogP contribution is 2.23. The van der Waals surface area contributed by atoms with Crippen LogP contribution < -0.4 is 15.6 Å². The lowest BCUT2D eigenvalue weighted by Crippen LogP contribution is -2.22. The highest BCUT2D eigenvalue weighted by Gasteiger charge is 2.14. The summed E-state index contributed by atoms with van der Waals surface area (Å²) in [5.74, 6) is 0.477. The summed E-state index contributed by atoms with van der Waals surface area (Å²) in [6.07, 6.45) is 1.55. The molecule has 0 saturated carbocycles. The second kappa shape index (κ2) is 8.44. The minimum Gasteiger partial charge on any atom is -0.497 e. The van der Waals surface area contributed by atoms with Crippen molar-refractivity contribution in [2.75, 3.05) is 7.11 Å². The number of nitrogens with zero attached hydrogens (tertiary/aromatic N) is 2. The highest BCUT2D eigenvalue weighted by atomic mass is 35.5. The molecule has 0 atom stereocenters. The third-order valence-corrected chi connectivity index (χ3v) is 5.74. The number of carbonyl (C=O) groups is 1. The van der Waals surface area contributed by atoms with Crippen molar-refractivity contribution in [2.45, 2.75) is 6.54 Å². The molecule has 5 rings (SSSR count).